The molecular formula is C14H16F3N3O. The third-order valence-corrected chi connectivity index (χ3v) is 3.44. The molecule has 2 atom stereocenters. The fourth-order valence-corrected chi connectivity index (χ4v) is 2.21. The van der Waals surface area contributed by atoms with E-state index in [0.29, 0.717) is 5.69 Å². The summed E-state index contributed by atoms with van der Waals surface area (Å²) in [5.74, 6) is 0. The predicted octanol–water partition coefficient (Wildman–Crippen LogP) is 2.36. The van der Waals surface area contributed by atoms with Gasteiger partial charge in [0.25, 0.3) is 0 Å². The van der Waals surface area contributed by atoms with Crippen LogP contribution in [-0.2, 0) is 5.60 Å². The van der Waals surface area contributed by atoms with Gasteiger partial charge in [-0.1, -0.05) is 25.1 Å². The van der Waals surface area contributed by atoms with Gasteiger partial charge in [-0.3, -0.25) is 0 Å². The molecular weight excluding hydrogens is 283 g/mol. The van der Waals surface area contributed by atoms with Gasteiger partial charge in [-0.2, -0.15) is 18.3 Å². The summed E-state index contributed by atoms with van der Waals surface area (Å²) in [5, 5.41) is 14.2. The number of halogens is 3. The summed E-state index contributed by atoms with van der Waals surface area (Å²) in [6.45, 7) is 1.49. The van der Waals surface area contributed by atoms with Gasteiger partial charge in [0.2, 0.25) is 5.60 Å². The van der Waals surface area contributed by atoms with Crippen molar-refractivity contribution in [3.63, 3.8) is 0 Å². The Balaban J connectivity index is 2.62. The first-order valence-electron chi connectivity index (χ1n) is 6.47. The lowest BCUT2D eigenvalue weighted by Crippen LogP contribution is -2.56. The Bertz CT molecular complexity index is 597. The molecule has 0 aliphatic rings. The molecule has 0 fully saturated rings. The zero-order valence-corrected chi connectivity index (χ0v) is 11.4. The zero-order chi connectivity index (χ0) is 15.7. The van der Waals surface area contributed by atoms with Gasteiger partial charge in [0.15, 0.2) is 0 Å². The average Bonchev–Trinajstić information content (AvgIpc) is 2.95. The van der Waals surface area contributed by atoms with E-state index in [-0.39, 0.29) is 6.42 Å². The van der Waals surface area contributed by atoms with Crippen LogP contribution in [0, 0.1) is 0 Å². The largest absolute Gasteiger partial charge is 0.424 e. The molecule has 0 saturated heterocycles. The third kappa shape index (κ3) is 2.54. The molecule has 3 N–H and O–H groups in total. The topological polar surface area (TPSA) is 64.1 Å². The van der Waals surface area contributed by atoms with Crippen LogP contribution in [0.3, 0.4) is 0 Å². The summed E-state index contributed by atoms with van der Waals surface area (Å²) in [7, 11) is 0. The third-order valence-electron chi connectivity index (χ3n) is 3.44. The van der Waals surface area contributed by atoms with Gasteiger partial charge in [-0.05, 0) is 24.6 Å². The second kappa shape index (κ2) is 5.50. The van der Waals surface area contributed by atoms with Crippen LogP contribution >= 0.6 is 0 Å². The number of para-hydroxylation sites is 1. The highest BCUT2D eigenvalue weighted by Gasteiger charge is 2.60. The quantitative estimate of drug-likeness (QED) is 0.911. The van der Waals surface area contributed by atoms with Crippen LogP contribution in [0.15, 0.2) is 42.6 Å². The molecule has 0 radical (unpaired) electrons. The smallest absolute Gasteiger partial charge is 0.374 e. The van der Waals surface area contributed by atoms with Crippen LogP contribution in [-0.4, -0.2) is 27.1 Å². The molecule has 114 valence electrons. The van der Waals surface area contributed by atoms with Crippen LogP contribution in [0.5, 0.6) is 0 Å². The van der Waals surface area contributed by atoms with Crippen molar-refractivity contribution in [3.05, 3.63) is 48.3 Å². The average molecular weight is 299 g/mol. The van der Waals surface area contributed by atoms with Crippen molar-refractivity contribution in [1.29, 1.82) is 0 Å². The highest BCUT2D eigenvalue weighted by molar-refractivity contribution is 5.35. The van der Waals surface area contributed by atoms with Gasteiger partial charge in [0.1, 0.15) is 0 Å². The summed E-state index contributed by atoms with van der Waals surface area (Å²) in [6.07, 6.45) is -3.73. The van der Waals surface area contributed by atoms with Crippen LogP contribution in [0.25, 0.3) is 5.69 Å². The minimum absolute atomic E-state index is 0.0318. The summed E-state index contributed by atoms with van der Waals surface area (Å²) in [6, 6.07) is 7.93. The predicted molar refractivity (Wildman–Crippen MR) is 71.8 cm³/mol. The Labute approximate surface area is 120 Å². The van der Waals surface area contributed by atoms with Crippen molar-refractivity contribution in [2.24, 2.45) is 5.73 Å². The van der Waals surface area contributed by atoms with E-state index in [1.807, 2.05) is 0 Å². The van der Waals surface area contributed by atoms with Crippen LogP contribution < -0.4 is 5.73 Å². The number of benzene rings is 1. The maximum Gasteiger partial charge on any atom is 0.424 e. The van der Waals surface area contributed by atoms with Crippen LogP contribution in [0.2, 0.25) is 0 Å². The Hall–Kier alpha value is -1.86. The molecule has 21 heavy (non-hydrogen) atoms. The first kappa shape index (κ1) is 15.5. The fraction of sp³-hybridized carbons (Fsp3) is 0.357. The molecule has 0 saturated carbocycles. The van der Waals surface area contributed by atoms with Gasteiger partial charge < -0.3 is 10.8 Å². The first-order valence-corrected chi connectivity index (χ1v) is 6.47. The summed E-state index contributed by atoms with van der Waals surface area (Å²) in [4.78, 5) is 0. The lowest BCUT2D eigenvalue weighted by molar-refractivity contribution is -0.276. The SMILES string of the molecule is CCC(N)C(O)(c1ccnn1-c1ccccc1)C(F)(F)F. The van der Waals surface area contributed by atoms with Crippen molar-refractivity contribution >= 4 is 0 Å². The zero-order valence-electron chi connectivity index (χ0n) is 11.4. The van der Waals surface area contributed by atoms with E-state index in [1.165, 1.54) is 13.1 Å². The van der Waals surface area contributed by atoms with Crippen LogP contribution in [0.1, 0.15) is 19.0 Å². The van der Waals surface area contributed by atoms with Gasteiger partial charge in [0, 0.05) is 12.2 Å². The molecule has 1 heterocycles. The number of alkyl halides is 3. The minimum atomic E-state index is -4.91. The van der Waals surface area contributed by atoms with Crippen molar-refractivity contribution in [2.75, 3.05) is 0 Å². The Kier molecular flexibility index (Phi) is 4.06. The number of hydrogen-bond donors (Lipinski definition) is 2. The maximum atomic E-state index is 13.4. The van der Waals surface area contributed by atoms with Crippen LogP contribution in [0.4, 0.5) is 13.2 Å². The normalized spacial score (nSPS) is 16.5. The van der Waals surface area contributed by atoms with Crippen molar-refractivity contribution < 1.29 is 18.3 Å². The molecule has 4 nitrogen and oxygen atoms in total. The molecule has 2 unspecified atom stereocenters. The van der Waals surface area contributed by atoms with E-state index < -0.39 is 23.5 Å². The van der Waals surface area contributed by atoms with Crippen molar-refractivity contribution in [2.45, 2.75) is 31.2 Å². The molecule has 0 bridgehead atoms. The number of aliphatic hydroxyl groups is 1. The highest BCUT2D eigenvalue weighted by atomic mass is 19.4. The Morgan fingerprint density at radius 3 is 2.38 bits per heavy atom. The summed E-state index contributed by atoms with van der Waals surface area (Å²) < 4.78 is 41.3. The monoisotopic (exact) mass is 299 g/mol. The molecule has 1 aromatic heterocycles. The van der Waals surface area contributed by atoms with Gasteiger partial charge in [0.05, 0.1) is 11.4 Å². The van der Waals surface area contributed by atoms with E-state index in [2.05, 4.69) is 5.10 Å². The number of nitrogens with zero attached hydrogens (tertiary/aromatic N) is 2. The fourth-order valence-electron chi connectivity index (χ4n) is 2.21. The minimum Gasteiger partial charge on any atom is -0.374 e. The lowest BCUT2D eigenvalue weighted by atomic mass is 9.88. The number of aromatic nitrogens is 2. The Morgan fingerprint density at radius 2 is 1.86 bits per heavy atom. The molecule has 2 aromatic rings. The van der Waals surface area contributed by atoms with Crippen molar-refractivity contribution in [3.8, 4) is 5.69 Å². The number of nitrogens with two attached hydrogens (primary N) is 1. The van der Waals surface area contributed by atoms with Crippen molar-refractivity contribution in [1.82, 2.24) is 9.78 Å². The number of rotatable bonds is 4. The molecule has 2 rings (SSSR count). The second-order valence-corrected chi connectivity index (χ2v) is 4.74. The number of hydrogen-bond acceptors (Lipinski definition) is 3. The van der Waals surface area contributed by atoms with Gasteiger partial charge in [-0.15, -0.1) is 0 Å². The summed E-state index contributed by atoms with van der Waals surface area (Å²) >= 11 is 0. The van der Waals surface area contributed by atoms with Gasteiger partial charge >= 0.3 is 6.18 Å². The second-order valence-electron chi connectivity index (χ2n) is 4.74. The molecule has 7 heteroatoms. The summed E-state index contributed by atoms with van der Waals surface area (Å²) in [5.41, 5.74) is 2.43. The van der Waals surface area contributed by atoms with E-state index in [1.54, 1.807) is 30.3 Å². The lowest BCUT2D eigenvalue weighted by Gasteiger charge is -2.35. The van der Waals surface area contributed by atoms with E-state index >= 15 is 0 Å². The van der Waals surface area contributed by atoms with E-state index in [4.69, 9.17) is 5.73 Å². The van der Waals surface area contributed by atoms with Gasteiger partial charge in [-0.25, -0.2) is 4.68 Å². The van der Waals surface area contributed by atoms with E-state index in [0.717, 1.165) is 10.7 Å². The molecule has 1 aromatic carbocycles. The molecule has 0 aliphatic heterocycles. The maximum absolute atomic E-state index is 13.4. The Morgan fingerprint density at radius 1 is 1.24 bits per heavy atom. The molecule has 0 amide bonds. The first-order chi connectivity index (χ1) is 9.82. The standard InChI is InChI=1S/C14H16F3N3O/c1-2-11(18)13(21,14(15,16)17)12-8-9-19-20(12)10-6-4-3-5-7-10/h3-9,11,21H,2,18H2,1H3. The van der Waals surface area contributed by atoms with E-state index in [9.17, 15) is 18.3 Å². The molecule has 0 spiro atoms. The highest BCUT2D eigenvalue weighted by Crippen LogP contribution is 2.42. The molecule has 0 aliphatic carbocycles.